The third-order valence-electron chi connectivity index (χ3n) is 4.87. The zero-order chi connectivity index (χ0) is 15.7. The van der Waals surface area contributed by atoms with E-state index in [2.05, 4.69) is 51.6 Å². The zero-order valence-electron chi connectivity index (χ0n) is 13.1. The van der Waals surface area contributed by atoms with Gasteiger partial charge in [-0.25, -0.2) is 0 Å². The normalized spacial score (nSPS) is 31.8. The molecule has 1 aromatic heterocycles. The smallest absolute Gasteiger partial charge is 0.204 e. The summed E-state index contributed by atoms with van der Waals surface area (Å²) < 4.78 is 5.52. The van der Waals surface area contributed by atoms with Crippen LogP contribution in [-0.2, 0) is 6.54 Å². The second-order valence-electron chi connectivity index (χ2n) is 6.50. The van der Waals surface area contributed by atoms with Gasteiger partial charge < -0.3 is 9.32 Å². The van der Waals surface area contributed by atoms with Gasteiger partial charge in [-0.3, -0.25) is 10.6 Å². The van der Waals surface area contributed by atoms with E-state index in [0.717, 1.165) is 17.4 Å². The third kappa shape index (κ3) is 3.23. The molecule has 2 unspecified atom stereocenters. The largest absolute Gasteiger partial charge is 0.449 e. The molecule has 1 saturated carbocycles. The van der Waals surface area contributed by atoms with Crippen LogP contribution in [0.25, 0.3) is 0 Å². The molecule has 2 aliphatic rings. The Morgan fingerprint density at radius 2 is 2.09 bits per heavy atom. The number of halogens is 1. The number of hydrogen-bond donors (Lipinski definition) is 2. The molecule has 1 fully saturated rings. The van der Waals surface area contributed by atoms with Crippen LogP contribution in [-0.4, -0.2) is 37.2 Å². The van der Waals surface area contributed by atoms with Crippen LogP contribution in [0, 0.1) is 11.3 Å². The Kier molecular flexibility index (Phi) is 4.88. The molecule has 2 atom stereocenters. The number of hydrogen-bond acceptors (Lipinski definition) is 5. The lowest BCUT2D eigenvalue weighted by Gasteiger charge is -2.37. The molecule has 3 rings (SSSR count). The van der Waals surface area contributed by atoms with Gasteiger partial charge in [0.25, 0.3) is 0 Å². The van der Waals surface area contributed by atoms with E-state index in [4.69, 9.17) is 9.68 Å². The quantitative estimate of drug-likeness (QED) is 0.804. The van der Waals surface area contributed by atoms with E-state index in [1.165, 1.54) is 25.7 Å². The average molecular weight is 367 g/mol. The van der Waals surface area contributed by atoms with E-state index in [1.807, 2.05) is 6.07 Å². The number of furan rings is 1. The highest BCUT2D eigenvalue weighted by Gasteiger charge is 2.33. The van der Waals surface area contributed by atoms with E-state index in [0.29, 0.717) is 18.3 Å². The maximum atomic E-state index is 8.97. The Hall–Kier alpha value is -0.870. The molecular weight excluding hydrogens is 344 g/mol. The fourth-order valence-corrected chi connectivity index (χ4v) is 4.24. The summed E-state index contributed by atoms with van der Waals surface area (Å²) in [4.78, 5) is 2.47. The summed E-state index contributed by atoms with van der Waals surface area (Å²) in [6.07, 6.45) is 5.10. The molecule has 120 valence electrons. The van der Waals surface area contributed by atoms with Gasteiger partial charge in [0.2, 0.25) is 5.76 Å². The van der Waals surface area contributed by atoms with Gasteiger partial charge in [-0.05, 0) is 45.8 Å². The van der Waals surface area contributed by atoms with Gasteiger partial charge in [0.05, 0.1) is 17.5 Å². The SMILES string of the molecule is CN(C)C1CCC(NC2NCc3oc(C#N)cc3C2Br)CC1. The highest BCUT2D eigenvalue weighted by atomic mass is 79.9. The summed E-state index contributed by atoms with van der Waals surface area (Å²) in [5.74, 6) is 1.26. The fourth-order valence-electron chi connectivity index (χ4n) is 3.51. The van der Waals surface area contributed by atoms with Gasteiger partial charge in [-0.15, -0.1) is 0 Å². The molecule has 22 heavy (non-hydrogen) atoms. The molecule has 0 radical (unpaired) electrons. The van der Waals surface area contributed by atoms with E-state index in [1.54, 1.807) is 0 Å². The maximum absolute atomic E-state index is 8.97. The second kappa shape index (κ2) is 6.71. The lowest BCUT2D eigenvalue weighted by Crippen LogP contribution is -2.52. The van der Waals surface area contributed by atoms with Crippen LogP contribution >= 0.6 is 15.9 Å². The van der Waals surface area contributed by atoms with Crippen LogP contribution in [0.15, 0.2) is 10.5 Å². The second-order valence-corrected chi connectivity index (χ2v) is 7.48. The topological polar surface area (TPSA) is 64.2 Å². The van der Waals surface area contributed by atoms with Crippen LogP contribution in [0.4, 0.5) is 0 Å². The van der Waals surface area contributed by atoms with Gasteiger partial charge in [0.1, 0.15) is 11.8 Å². The summed E-state index contributed by atoms with van der Waals surface area (Å²) in [7, 11) is 4.34. The number of nitrogens with zero attached hydrogens (tertiary/aromatic N) is 2. The number of nitriles is 1. The predicted molar refractivity (Wildman–Crippen MR) is 88.6 cm³/mol. The van der Waals surface area contributed by atoms with Crippen molar-refractivity contribution < 1.29 is 4.42 Å². The molecule has 5 nitrogen and oxygen atoms in total. The molecule has 2 heterocycles. The van der Waals surface area contributed by atoms with Gasteiger partial charge in [0, 0.05) is 17.6 Å². The van der Waals surface area contributed by atoms with E-state index >= 15 is 0 Å². The summed E-state index contributed by atoms with van der Waals surface area (Å²) in [6.45, 7) is 0.670. The first kappa shape index (κ1) is 16.0. The van der Waals surface area contributed by atoms with Gasteiger partial charge in [-0.2, -0.15) is 5.26 Å². The van der Waals surface area contributed by atoms with Crippen LogP contribution in [0.2, 0.25) is 0 Å². The lowest BCUT2D eigenvalue weighted by atomic mass is 9.90. The minimum Gasteiger partial charge on any atom is -0.449 e. The van der Waals surface area contributed by atoms with Crippen molar-refractivity contribution in [3.63, 3.8) is 0 Å². The average Bonchev–Trinajstić information content (AvgIpc) is 2.95. The first-order chi connectivity index (χ1) is 10.6. The maximum Gasteiger partial charge on any atom is 0.204 e. The Balaban J connectivity index is 1.59. The zero-order valence-corrected chi connectivity index (χ0v) is 14.7. The number of nitrogens with one attached hydrogen (secondary N) is 2. The van der Waals surface area contributed by atoms with Gasteiger partial charge in [0.15, 0.2) is 0 Å². The summed E-state index contributed by atoms with van der Waals surface area (Å²) in [5.41, 5.74) is 1.09. The van der Waals surface area contributed by atoms with Crippen molar-refractivity contribution in [2.75, 3.05) is 14.1 Å². The molecule has 1 aliphatic carbocycles. The van der Waals surface area contributed by atoms with Crippen molar-refractivity contribution in [3.8, 4) is 6.07 Å². The Morgan fingerprint density at radius 1 is 1.36 bits per heavy atom. The van der Waals surface area contributed by atoms with E-state index in [-0.39, 0.29) is 11.0 Å². The minimum absolute atomic E-state index is 0.133. The van der Waals surface area contributed by atoms with Crippen molar-refractivity contribution >= 4 is 15.9 Å². The standard InChI is InChI=1S/C16H23BrN4O/c1-21(2)11-5-3-10(4-6-11)20-16-15(17)13-7-12(8-18)22-14(13)9-19-16/h7,10-11,15-16,19-20H,3-6,9H2,1-2H3. The summed E-state index contributed by atoms with van der Waals surface area (Å²) in [5, 5.41) is 16.2. The van der Waals surface area contributed by atoms with Gasteiger partial charge in [-0.1, -0.05) is 15.9 Å². The molecule has 0 amide bonds. The highest BCUT2D eigenvalue weighted by Crippen LogP contribution is 2.35. The fraction of sp³-hybridized carbons (Fsp3) is 0.688. The Labute approximate surface area is 140 Å². The molecule has 2 N–H and O–H groups in total. The molecule has 0 spiro atoms. The highest BCUT2D eigenvalue weighted by molar-refractivity contribution is 9.09. The molecule has 0 aromatic carbocycles. The van der Waals surface area contributed by atoms with Crippen LogP contribution in [0.1, 0.15) is 47.6 Å². The van der Waals surface area contributed by atoms with Crippen molar-refractivity contribution in [3.05, 3.63) is 23.2 Å². The molecule has 1 aliphatic heterocycles. The molecule has 0 bridgehead atoms. The first-order valence-electron chi connectivity index (χ1n) is 7.91. The predicted octanol–water partition coefficient (Wildman–Crippen LogP) is 2.48. The summed E-state index contributed by atoms with van der Waals surface area (Å²) in [6, 6.07) is 5.20. The lowest BCUT2D eigenvalue weighted by molar-refractivity contribution is 0.191. The molecule has 0 saturated heterocycles. The van der Waals surface area contributed by atoms with Crippen molar-refractivity contribution in [2.24, 2.45) is 0 Å². The Bertz CT molecular complexity index is 557. The Morgan fingerprint density at radius 3 is 2.73 bits per heavy atom. The van der Waals surface area contributed by atoms with Crippen molar-refractivity contribution in [2.45, 2.75) is 55.3 Å². The first-order valence-corrected chi connectivity index (χ1v) is 8.82. The van der Waals surface area contributed by atoms with Crippen LogP contribution < -0.4 is 10.6 Å². The number of alkyl halides is 1. The number of fused-ring (bicyclic) bond motifs is 1. The van der Waals surface area contributed by atoms with Crippen molar-refractivity contribution in [1.82, 2.24) is 15.5 Å². The van der Waals surface area contributed by atoms with Crippen LogP contribution in [0.5, 0.6) is 0 Å². The van der Waals surface area contributed by atoms with Gasteiger partial charge >= 0.3 is 0 Å². The number of rotatable bonds is 3. The van der Waals surface area contributed by atoms with Crippen LogP contribution in [0.3, 0.4) is 0 Å². The summed E-state index contributed by atoms with van der Waals surface area (Å²) >= 11 is 3.76. The minimum atomic E-state index is 0.133. The van der Waals surface area contributed by atoms with E-state index in [9.17, 15) is 0 Å². The molecule has 6 heteroatoms. The van der Waals surface area contributed by atoms with E-state index < -0.39 is 0 Å². The third-order valence-corrected chi connectivity index (χ3v) is 5.89. The van der Waals surface area contributed by atoms with Crippen molar-refractivity contribution in [1.29, 1.82) is 5.26 Å². The molecule has 1 aromatic rings. The molecular formula is C16H23BrN4O. The monoisotopic (exact) mass is 366 g/mol.